The van der Waals surface area contributed by atoms with Crippen molar-refractivity contribution in [3.8, 4) is 0 Å². The van der Waals surface area contributed by atoms with Crippen molar-refractivity contribution < 1.29 is 14.7 Å². The van der Waals surface area contributed by atoms with Gasteiger partial charge in [-0.05, 0) is 24.6 Å². The molecule has 0 aliphatic heterocycles. The number of amides is 1. The van der Waals surface area contributed by atoms with Crippen molar-refractivity contribution in [2.24, 2.45) is 7.05 Å². The average Bonchev–Trinajstić information content (AvgIpc) is 2.79. The van der Waals surface area contributed by atoms with Gasteiger partial charge in [-0.15, -0.1) is 0 Å². The fraction of sp³-hybridized carbons (Fsp3) is 0.250. The maximum Gasteiger partial charge on any atom is 0.326 e. The summed E-state index contributed by atoms with van der Waals surface area (Å²) in [4.78, 5) is 23.5. The number of benzene rings is 1. The van der Waals surface area contributed by atoms with Crippen LogP contribution in [0.25, 0.3) is 0 Å². The summed E-state index contributed by atoms with van der Waals surface area (Å²) in [5.41, 5.74) is 2.26. The summed E-state index contributed by atoms with van der Waals surface area (Å²) in [6.45, 7) is 1.88. The molecule has 1 atom stereocenters. The number of carbonyl (C=O) groups is 2. The summed E-state index contributed by atoms with van der Waals surface area (Å²) in [7, 11) is 1.78. The number of nitrogens with zero attached hydrogens (tertiary/aromatic N) is 1. The highest BCUT2D eigenvalue weighted by molar-refractivity contribution is 5.95. The minimum Gasteiger partial charge on any atom is -0.480 e. The maximum absolute atomic E-state index is 12.2. The molecule has 0 radical (unpaired) electrons. The molecule has 1 aromatic carbocycles. The van der Waals surface area contributed by atoms with E-state index in [4.69, 9.17) is 0 Å². The smallest absolute Gasteiger partial charge is 0.326 e. The average molecular weight is 286 g/mol. The van der Waals surface area contributed by atoms with Crippen LogP contribution < -0.4 is 5.32 Å². The molecule has 0 unspecified atom stereocenters. The predicted molar refractivity (Wildman–Crippen MR) is 79.2 cm³/mol. The summed E-state index contributed by atoms with van der Waals surface area (Å²) in [6.07, 6.45) is 0.255. The van der Waals surface area contributed by atoms with Gasteiger partial charge < -0.3 is 15.0 Å². The molecule has 2 N–H and O–H groups in total. The number of carbonyl (C=O) groups excluding carboxylic acids is 1. The molecule has 5 nitrogen and oxygen atoms in total. The van der Waals surface area contributed by atoms with Crippen LogP contribution in [0, 0.1) is 6.92 Å². The molecule has 0 fully saturated rings. The van der Waals surface area contributed by atoms with E-state index in [0.717, 1.165) is 11.3 Å². The van der Waals surface area contributed by atoms with Crippen molar-refractivity contribution >= 4 is 11.9 Å². The van der Waals surface area contributed by atoms with Crippen LogP contribution in [0.5, 0.6) is 0 Å². The Hall–Kier alpha value is -2.56. The fourth-order valence-electron chi connectivity index (χ4n) is 2.12. The van der Waals surface area contributed by atoms with E-state index >= 15 is 0 Å². The van der Waals surface area contributed by atoms with Gasteiger partial charge in [0.1, 0.15) is 11.7 Å². The first-order valence-electron chi connectivity index (χ1n) is 6.69. The van der Waals surface area contributed by atoms with E-state index in [2.05, 4.69) is 5.32 Å². The Kier molecular flexibility index (Phi) is 4.42. The zero-order chi connectivity index (χ0) is 15.4. The number of rotatable bonds is 5. The van der Waals surface area contributed by atoms with Crippen LogP contribution in [0.3, 0.4) is 0 Å². The van der Waals surface area contributed by atoms with Crippen LogP contribution in [0.1, 0.15) is 21.7 Å². The number of nitrogens with one attached hydrogen (secondary N) is 1. The molecule has 110 valence electrons. The zero-order valence-electron chi connectivity index (χ0n) is 12.0. The highest BCUT2D eigenvalue weighted by atomic mass is 16.4. The van der Waals surface area contributed by atoms with Crippen LogP contribution in [0.4, 0.5) is 0 Å². The van der Waals surface area contributed by atoms with Crippen LogP contribution in [-0.2, 0) is 18.3 Å². The highest BCUT2D eigenvalue weighted by Gasteiger charge is 2.22. The number of aliphatic carboxylic acids is 1. The van der Waals surface area contributed by atoms with Crippen LogP contribution in [0.2, 0.25) is 0 Å². The van der Waals surface area contributed by atoms with Gasteiger partial charge >= 0.3 is 5.97 Å². The van der Waals surface area contributed by atoms with Crippen LogP contribution in [0.15, 0.2) is 42.5 Å². The lowest BCUT2D eigenvalue weighted by molar-refractivity contribution is -0.139. The maximum atomic E-state index is 12.2. The van der Waals surface area contributed by atoms with Gasteiger partial charge in [0.15, 0.2) is 0 Å². The molecule has 2 aromatic rings. The molecule has 0 aliphatic rings. The van der Waals surface area contributed by atoms with Crippen molar-refractivity contribution in [2.75, 3.05) is 0 Å². The van der Waals surface area contributed by atoms with Crippen LogP contribution >= 0.6 is 0 Å². The summed E-state index contributed by atoms with van der Waals surface area (Å²) < 4.78 is 1.73. The minimum absolute atomic E-state index is 0.255. The van der Waals surface area contributed by atoms with E-state index < -0.39 is 12.0 Å². The number of hydrogen-bond donors (Lipinski definition) is 2. The van der Waals surface area contributed by atoms with E-state index in [1.54, 1.807) is 17.7 Å². The number of carboxylic acid groups (broad SMARTS) is 1. The zero-order valence-corrected chi connectivity index (χ0v) is 12.0. The van der Waals surface area contributed by atoms with Gasteiger partial charge in [-0.25, -0.2) is 4.79 Å². The molecule has 0 saturated carbocycles. The van der Waals surface area contributed by atoms with Crippen molar-refractivity contribution in [1.29, 1.82) is 0 Å². The molecule has 2 rings (SSSR count). The summed E-state index contributed by atoms with van der Waals surface area (Å²) in [5.74, 6) is -1.42. The predicted octanol–water partition coefficient (Wildman–Crippen LogP) is 1.76. The molecule has 0 aliphatic carbocycles. The van der Waals surface area contributed by atoms with E-state index in [9.17, 15) is 14.7 Å². The van der Waals surface area contributed by atoms with Gasteiger partial charge in [0, 0.05) is 19.2 Å². The van der Waals surface area contributed by atoms with Gasteiger partial charge in [-0.1, -0.05) is 30.3 Å². The van der Waals surface area contributed by atoms with Gasteiger partial charge in [0.25, 0.3) is 5.91 Å². The second kappa shape index (κ2) is 6.26. The van der Waals surface area contributed by atoms with Crippen molar-refractivity contribution in [3.05, 3.63) is 59.4 Å². The Labute approximate surface area is 123 Å². The third-order valence-corrected chi connectivity index (χ3v) is 3.49. The van der Waals surface area contributed by atoms with Crippen molar-refractivity contribution in [1.82, 2.24) is 9.88 Å². The summed E-state index contributed by atoms with van der Waals surface area (Å²) in [6, 6.07) is 11.8. The third kappa shape index (κ3) is 3.51. The Balaban J connectivity index is 2.11. The standard InChI is InChI=1S/C16H18N2O3/c1-11-8-9-14(18(11)2)15(19)17-13(16(20)21)10-12-6-4-3-5-7-12/h3-9,13H,10H2,1-2H3,(H,17,19)(H,20,21)/t13-/m0/s1. The second-order valence-corrected chi connectivity index (χ2v) is 4.97. The lowest BCUT2D eigenvalue weighted by Gasteiger charge is -2.15. The Morgan fingerprint density at radius 3 is 2.38 bits per heavy atom. The Bertz CT molecular complexity index is 647. The molecular weight excluding hydrogens is 268 g/mol. The first-order chi connectivity index (χ1) is 9.99. The number of carboxylic acids is 1. The molecule has 1 aromatic heterocycles. The lowest BCUT2D eigenvalue weighted by atomic mass is 10.1. The molecule has 1 heterocycles. The van der Waals surface area contributed by atoms with Gasteiger partial charge in [-0.3, -0.25) is 4.79 Å². The van der Waals surface area contributed by atoms with Gasteiger partial charge in [0.2, 0.25) is 0 Å². The normalized spacial score (nSPS) is 11.9. The molecule has 5 heteroatoms. The van der Waals surface area contributed by atoms with E-state index in [1.807, 2.05) is 43.3 Å². The highest BCUT2D eigenvalue weighted by Crippen LogP contribution is 2.08. The summed E-state index contributed by atoms with van der Waals surface area (Å²) >= 11 is 0. The minimum atomic E-state index is -1.04. The van der Waals surface area contributed by atoms with E-state index in [1.165, 1.54) is 0 Å². The Morgan fingerprint density at radius 1 is 1.19 bits per heavy atom. The number of aryl methyl sites for hydroxylation is 1. The molecule has 0 spiro atoms. The fourth-order valence-corrected chi connectivity index (χ4v) is 2.12. The monoisotopic (exact) mass is 286 g/mol. The quantitative estimate of drug-likeness (QED) is 0.879. The molecule has 21 heavy (non-hydrogen) atoms. The molecule has 1 amide bonds. The molecule has 0 saturated heterocycles. The first kappa shape index (κ1) is 14.8. The number of aromatic nitrogens is 1. The van der Waals surface area contributed by atoms with Crippen LogP contribution in [-0.4, -0.2) is 27.6 Å². The molecule has 0 bridgehead atoms. The van der Waals surface area contributed by atoms with E-state index in [0.29, 0.717) is 5.69 Å². The first-order valence-corrected chi connectivity index (χ1v) is 6.69. The third-order valence-electron chi connectivity index (χ3n) is 3.49. The molecular formula is C16H18N2O3. The topological polar surface area (TPSA) is 71.3 Å². The summed E-state index contributed by atoms with van der Waals surface area (Å²) in [5, 5.41) is 11.9. The second-order valence-electron chi connectivity index (χ2n) is 4.97. The largest absolute Gasteiger partial charge is 0.480 e. The lowest BCUT2D eigenvalue weighted by Crippen LogP contribution is -2.42. The van der Waals surface area contributed by atoms with Crippen molar-refractivity contribution in [2.45, 2.75) is 19.4 Å². The van der Waals surface area contributed by atoms with Gasteiger partial charge in [-0.2, -0.15) is 0 Å². The number of hydrogen-bond acceptors (Lipinski definition) is 2. The SMILES string of the molecule is Cc1ccc(C(=O)N[C@@H](Cc2ccccc2)C(=O)O)n1C. The van der Waals surface area contributed by atoms with E-state index in [-0.39, 0.29) is 12.3 Å². The Morgan fingerprint density at radius 2 is 1.86 bits per heavy atom. The van der Waals surface area contributed by atoms with Crippen molar-refractivity contribution in [3.63, 3.8) is 0 Å². The van der Waals surface area contributed by atoms with Gasteiger partial charge in [0.05, 0.1) is 0 Å².